The van der Waals surface area contributed by atoms with Gasteiger partial charge in [-0.1, -0.05) is 50.3 Å². The molecule has 2 rings (SSSR count). The van der Waals surface area contributed by atoms with Crippen LogP contribution in [-0.2, 0) is 20.0 Å². The fourth-order valence-electron chi connectivity index (χ4n) is 2.60. The topological polar surface area (TPSA) is 63.2 Å². The summed E-state index contributed by atoms with van der Waals surface area (Å²) in [7, 11) is -3.10. The molecule has 1 heterocycles. The average Bonchev–Trinajstić information content (AvgIpc) is 2.78. The predicted octanol–water partition coefficient (Wildman–Crippen LogP) is 2.42. The molecule has 1 aliphatic heterocycles. The molecule has 0 spiro atoms. The van der Waals surface area contributed by atoms with Crippen molar-refractivity contribution in [3.05, 3.63) is 47.4 Å². The van der Waals surface area contributed by atoms with Crippen LogP contribution in [-0.4, -0.2) is 26.1 Å². The highest BCUT2D eigenvalue weighted by atomic mass is 32.2. The quantitative estimate of drug-likeness (QED) is 0.906. The summed E-state index contributed by atoms with van der Waals surface area (Å²) in [5.41, 5.74) is 0.959. The predicted molar refractivity (Wildman–Crippen MR) is 88.1 cm³/mol. The first-order valence-electron chi connectivity index (χ1n) is 7.46. The summed E-state index contributed by atoms with van der Waals surface area (Å²) >= 11 is 0. The Morgan fingerprint density at radius 2 is 1.95 bits per heavy atom. The molecule has 0 radical (unpaired) electrons. The van der Waals surface area contributed by atoms with E-state index in [-0.39, 0.29) is 35.5 Å². The van der Waals surface area contributed by atoms with Crippen molar-refractivity contribution in [2.24, 2.45) is 5.92 Å². The van der Waals surface area contributed by atoms with E-state index in [1.807, 2.05) is 25.1 Å². The van der Waals surface area contributed by atoms with E-state index in [0.29, 0.717) is 0 Å². The second kappa shape index (κ2) is 6.24. The first-order chi connectivity index (χ1) is 10.2. The van der Waals surface area contributed by atoms with Gasteiger partial charge in [-0.25, -0.2) is 8.42 Å². The molecule has 120 valence electrons. The maximum atomic E-state index is 12.2. The van der Waals surface area contributed by atoms with E-state index < -0.39 is 9.84 Å². The minimum Gasteiger partial charge on any atom is -0.353 e. The molecule has 0 unspecified atom stereocenters. The van der Waals surface area contributed by atoms with Crippen LogP contribution in [0.4, 0.5) is 0 Å². The monoisotopic (exact) mass is 321 g/mol. The number of sulfone groups is 1. The Labute approximate surface area is 132 Å². The van der Waals surface area contributed by atoms with Gasteiger partial charge in [-0.15, -0.1) is 0 Å². The molecule has 2 atom stereocenters. The van der Waals surface area contributed by atoms with Crippen molar-refractivity contribution in [2.45, 2.75) is 38.6 Å². The molecule has 22 heavy (non-hydrogen) atoms. The minimum absolute atomic E-state index is 0.0386. The molecule has 4 nitrogen and oxygen atoms in total. The summed E-state index contributed by atoms with van der Waals surface area (Å²) in [6.07, 6.45) is 1.83. The first kappa shape index (κ1) is 16.7. The number of benzene rings is 1. The number of hydrogen-bond acceptors (Lipinski definition) is 3. The molecule has 0 bridgehead atoms. The summed E-state index contributed by atoms with van der Waals surface area (Å²) in [5.74, 6) is -0.281. The van der Waals surface area contributed by atoms with E-state index in [1.165, 1.54) is 5.41 Å². The minimum atomic E-state index is -3.10. The second-order valence-corrected chi connectivity index (χ2v) is 8.43. The number of rotatable bonds is 5. The molecule has 1 aliphatic rings. The molecule has 0 aliphatic carbocycles. The number of amides is 1. The van der Waals surface area contributed by atoms with Gasteiger partial charge in [0.2, 0.25) is 5.91 Å². The Kier molecular flexibility index (Phi) is 4.75. The van der Waals surface area contributed by atoms with Gasteiger partial charge in [0.1, 0.15) is 0 Å². The van der Waals surface area contributed by atoms with E-state index >= 15 is 0 Å². The largest absolute Gasteiger partial charge is 0.353 e. The molecule has 1 N–H and O–H groups in total. The van der Waals surface area contributed by atoms with Crippen LogP contribution in [0.15, 0.2) is 41.8 Å². The molecule has 5 heteroatoms. The Balaban J connectivity index is 1.95. The normalized spacial score (nSPS) is 21.5. The summed E-state index contributed by atoms with van der Waals surface area (Å²) in [5, 5.41) is 4.22. The Hall–Kier alpha value is -1.62. The van der Waals surface area contributed by atoms with Crippen molar-refractivity contribution in [3.8, 4) is 0 Å². The van der Waals surface area contributed by atoms with Gasteiger partial charge in [0.05, 0.1) is 5.75 Å². The summed E-state index contributed by atoms with van der Waals surface area (Å²) < 4.78 is 22.7. The van der Waals surface area contributed by atoms with Crippen LogP contribution in [0.2, 0.25) is 0 Å². The third-order valence-corrected chi connectivity index (χ3v) is 5.89. The van der Waals surface area contributed by atoms with Gasteiger partial charge in [0.15, 0.2) is 9.84 Å². The lowest BCUT2D eigenvalue weighted by Crippen LogP contribution is -2.45. The van der Waals surface area contributed by atoms with E-state index in [2.05, 4.69) is 31.3 Å². The van der Waals surface area contributed by atoms with Crippen LogP contribution in [0.3, 0.4) is 0 Å². The zero-order chi connectivity index (χ0) is 16.4. The lowest BCUT2D eigenvalue weighted by Gasteiger charge is -2.33. The van der Waals surface area contributed by atoms with Crippen LogP contribution in [0, 0.1) is 5.92 Å². The first-order valence-corrected chi connectivity index (χ1v) is 9.18. The number of carbonyl (C=O) groups is 1. The van der Waals surface area contributed by atoms with Crippen molar-refractivity contribution < 1.29 is 13.2 Å². The zero-order valence-corrected chi connectivity index (χ0v) is 14.1. The highest BCUT2D eigenvalue weighted by Crippen LogP contribution is 2.27. The van der Waals surface area contributed by atoms with Crippen LogP contribution in [0.5, 0.6) is 0 Å². The zero-order valence-electron chi connectivity index (χ0n) is 13.2. The Morgan fingerprint density at radius 3 is 2.50 bits per heavy atom. The summed E-state index contributed by atoms with van der Waals surface area (Å²) in [4.78, 5) is 12.2. The molecular weight excluding hydrogens is 298 g/mol. The van der Waals surface area contributed by atoms with Gasteiger partial charge in [-0.05, 0) is 12.5 Å². The van der Waals surface area contributed by atoms with Crippen molar-refractivity contribution >= 4 is 15.7 Å². The highest BCUT2D eigenvalue weighted by Gasteiger charge is 2.30. The molecule has 0 fully saturated rings. The molecule has 0 aromatic heterocycles. The lowest BCUT2D eigenvalue weighted by molar-refractivity contribution is -0.122. The number of nitrogens with one attached hydrogen (secondary N) is 1. The van der Waals surface area contributed by atoms with Crippen molar-refractivity contribution in [2.75, 3.05) is 5.75 Å². The molecule has 1 aromatic rings. The van der Waals surface area contributed by atoms with Gasteiger partial charge in [-0.3, -0.25) is 4.79 Å². The molecule has 1 aromatic carbocycles. The van der Waals surface area contributed by atoms with Crippen molar-refractivity contribution in [1.82, 2.24) is 5.32 Å². The average molecular weight is 321 g/mol. The Morgan fingerprint density at radius 1 is 1.32 bits per heavy atom. The third kappa shape index (κ3) is 3.97. The second-order valence-electron chi connectivity index (χ2n) is 6.50. The van der Waals surface area contributed by atoms with Gasteiger partial charge >= 0.3 is 0 Å². The maximum absolute atomic E-state index is 12.2. The third-order valence-electron chi connectivity index (χ3n) is 4.43. The fraction of sp³-hybridized carbons (Fsp3) is 0.471. The molecule has 0 saturated heterocycles. The van der Waals surface area contributed by atoms with E-state index in [0.717, 1.165) is 5.56 Å². The number of carbonyl (C=O) groups excluding carboxylic acids is 1. The van der Waals surface area contributed by atoms with Gasteiger partial charge in [0, 0.05) is 29.2 Å². The van der Waals surface area contributed by atoms with Crippen LogP contribution in [0.25, 0.3) is 0 Å². The number of allylic oxidation sites excluding steroid dienone is 1. The molecule has 0 saturated carbocycles. The lowest BCUT2D eigenvalue weighted by atomic mass is 9.78. The highest BCUT2D eigenvalue weighted by molar-refractivity contribution is 7.94. The van der Waals surface area contributed by atoms with Gasteiger partial charge < -0.3 is 5.32 Å². The SMILES string of the molecule is C[C@@H](NC(=O)C[C@H]1C=CS(=O)(=O)C1)C(C)(C)c1ccccc1. The fourth-order valence-corrected chi connectivity index (χ4v) is 4.00. The summed E-state index contributed by atoms with van der Waals surface area (Å²) in [6, 6.07) is 9.99. The van der Waals surface area contributed by atoms with Gasteiger partial charge in [-0.2, -0.15) is 0 Å². The standard InChI is InChI=1S/C17H23NO3S/c1-13(17(2,3)15-7-5-4-6-8-15)18-16(19)11-14-9-10-22(20,21)12-14/h4-10,13-14H,11-12H2,1-3H3,(H,18,19)/t13-,14-/m1/s1. The van der Waals surface area contributed by atoms with Crippen molar-refractivity contribution in [1.29, 1.82) is 0 Å². The van der Waals surface area contributed by atoms with E-state index in [4.69, 9.17) is 0 Å². The van der Waals surface area contributed by atoms with Gasteiger partial charge in [0.25, 0.3) is 0 Å². The smallest absolute Gasteiger partial charge is 0.220 e. The summed E-state index contributed by atoms with van der Waals surface area (Å²) in [6.45, 7) is 6.16. The maximum Gasteiger partial charge on any atom is 0.220 e. The number of hydrogen-bond donors (Lipinski definition) is 1. The molecule has 1 amide bonds. The van der Waals surface area contributed by atoms with E-state index in [1.54, 1.807) is 6.08 Å². The van der Waals surface area contributed by atoms with E-state index in [9.17, 15) is 13.2 Å². The van der Waals surface area contributed by atoms with Crippen LogP contribution in [0.1, 0.15) is 32.8 Å². The Bertz CT molecular complexity index is 662. The van der Waals surface area contributed by atoms with Crippen LogP contribution < -0.4 is 5.32 Å². The molecular formula is C17H23NO3S. The van der Waals surface area contributed by atoms with Crippen LogP contribution >= 0.6 is 0 Å². The van der Waals surface area contributed by atoms with Crippen molar-refractivity contribution in [3.63, 3.8) is 0 Å².